The SMILES string of the molecule is CCN(CC)C(=O)COc1cccc(NC(=O)c2cc(C(C)C)nn2CC)c1. The summed E-state index contributed by atoms with van der Waals surface area (Å²) in [7, 11) is 0. The minimum absolute atomic E-state index is 0.0283. The van der Waals surface area contributed by atoms with Crippen LogP contribution in [0.25, 0.3) is 0 Å². The molecule has 7 nitrogen and oxygen atoms in total. The van der Waals surface area contributed by atoms with Crippen LogP contribution < -0.4 is 10.1 Å². The number of carbonyl (C=O) groups is 2. The molecule has 0 unspecified atom stereocenters. The fourth-order valence-corrected chi connectivity index (χ4v) is 2.81. The van der Waals surface area contributed by atoms with Gasteiger partial charge in [0.05, 0.1) is 5.69 Å². The molecule has 2 aromatic rings. The van der Waals surface area contributed by atoms with E-state index >= 15 is 0 Å². The van der Waals surface area contributed by atoms with E-state index in [1.54, 1.807) is 33.8 Å². The van der Waals surface area contributed by atoms with Gasteiger partial charge in [0.25, 0.3) is 11.8 Å². The maximum Gasteiger partial charge on any atom is 0.273 e. The highest BCUT2D eigenvalue weighted by Crippen LogP contribution is 2.20. The topological polar surface area (TPSA) is 76.5 Å². The summed E-state index contributed by atoms with van der Waals surface area (Å²) in [5.74, 6) is 0.495. The molecule has 0 bridgehead atoms. The average Bonchev–Trinajstić information content (AvgIpc) is 3.12. The Morgan fingerprint density at radius 2 is 1.89 bits per heavy atom. The Hall–Kier alpha value is -2.83. The molecule has 2 rings (SSSR count). The van der Waals surface area contributed by atoms with Gasteiger partial charge in [-0.2, -0.15) is 5.10 Å². The number of hydrogen-bond donors (Lipinski definition) is 1. The number of aryl methyl sites for hydroxylation is 1. The highest BCUT2D eigenvalue weighted by atomic mass is 16.5. The van der Waals surface area contributed by atoms with Crippen molar-refractivity contribution in [2.75, 3.05) is 25.0 Å². The van der Waals surface area contributed by atoms with Crippen LogP contribution in [-0.2, 0) is 11.3 Å². The quantitative estimate of drug-likeness (QED) is 0.715. The normalized spacial score (nSPS) is 10.8. The summed E-state index contributed by atoms with van der Waals surface area (Å²) in [6.45, 7) is 11.8. The van der Waals surface area contributed by atoms with Crippen LogP contribution in [0.1, 0.15) is 56.7 Å². The third-order valence-corrected chi connectivity index (χ3v) is 4.49. The second kappa shape index (κ2) is 9.92. The summed E-state index contributed by atoms with van der Waals surface area (Å²) in [6, 6.07) is 8.87. The minimum atomic E-state index is -0.224. The van der Waals surface area contributed by atoms with Crippen LogP contribution in [-0.4, -0.2) is 46.2 Å². The molecule has 0 aliphatic carbocycles. The van der Waals surface area contributed by atoms with E-state index in [0.717, 1.165) is 5.69 Å². The number of likely N-dealkylation sites (N-methyl/N-ethyl adjacent to an activating group) is 1. The number of rotatable bonds is 9. The van der Waals surface area contributed by atoms with E-state index < -0.39 is 0 Å². The minimum Gasteiger partial charge on any atom is -0.484 e. The van der Waals surface area contributed by atoms with Gasteiger partial charge in [-0.1, -0.05) is 19.9 Å². The molecule has 7 heteroatoms. The first-order chi connectivity index (χ1) is 13.4. The van der Waals surface area contributed by atoms with Gasteiger partial charge in [0.15, 0.2) is 6.61 Å². The third kappa shape index (κ3) is 5.34. The zero-order chi connectivity index (χ0) is 20.7. The van der Waals surface area contributed by atoms with Crippen molar-refractivity contribution in [2.24, 2.45) is 0 Å². The molecular weight excluding hydrogens is 356 g/mol. The predicted octanol–water partition coefficient (Wildman–Crippen LogP) is 3.53. The van der Waals surface area contributed by atoms with Crippen LogP contribution >= 0.6 is 0 Å². The Balaban J connectivity index is 2.06. The van der Waals surface area contributed by atoms with Gasteiger partial charge >= 0.3 is 0 Å². The molecule has 0 spiro atoms. The highest BCUT2D eigenvalue weighted by Gasteiger charge is 2.17. The largest absolute Gasteiger partial charge is 0.484 e. The molecule has 0 aliphatic heterocycles. The van der Waals surface area contributed by atoms with Crippen LogP contribution in [0.3, 0.4) is 0 Å². The number of hydrogen-bond acceptors (Lipinski definition) is 4. The zero-order valence-corrected chi connectivity index (χ0v) is 17.4. The molecule has 0 fully saturated rings. The zero-order valence-electron chi connectivity index (χ0n) is 17.4. The monoisotopic (exact) mass is 386 g/mol. The van der Waals surface area contributed by atoms with Gasteiger partial charge in [-0.3, -0.25) is 14.3 Å². The molecule has 0 aliphatic rings. The molecule has 0 saturated heterocycles. The van der Waals surface area contributed by atoms with E-state index in [1.165, 1.54) is 0 Å². The molecule has 1 aromatic carbocycles. The van der Waals surface area contributed by atoms with Crippen LogP contribution in [0.15, 0.2) is 30.3 Å². The molecule has 1 N–H and O–H groups in total. The second-order valence-electron chi connectivity index (χ2n) is 6.76. The standard InChI is InChI=1S/C21H30N4O3/c1-6-24(7-2)20(26)14-28-17-11-9-10-16(12-17)22-21(27)19-13-18(15(4)5)23-25(19)8-3/h9-13,15H,6-8,14H2,1-5H3,(H,22,27). The first-order valence-electron chi connectivity index (χ1n) is 9.79. The van der Waals surface area contributed by atoms with Crippen LogP contribution in [0.2, 0.25) is 0 Å². The smallest absolute Gasteiger partial charge is 0.273 e. The number of anilines is 1. The molecule has 28 heavy (non-hydrogen) atoms. The van der Waals surface area contributed by atoms with Crippen LogP contribution in [0.5, 0.6) is 5.75 Å². The van der Waals surface area contributed by atoms with E-state index in [-0.39, 0.29) is 24.3 Å². The van der Waals surface area contributed by atoms with Crippen molar-refractivity contribution in [2.45, 2.75) is 47.1 Å². The average molecular weight is 386 g/mol. The molecule has 0 radical (unpaired) electrons. The van der Waals surface area contributed by atoms with Crippen molar-refractivity contribution in [1.29, 1.82) is 0 Å². The lowest BCUT2D eigenvalue weighted by Crippen LogP contribution is -2.34. The van der Waals surface area contributed by atoms with E-state index in [0.29, 0.717) is 36.8 Å². The summed E-state index contributed by atoms with van der Waals surface area (Å²) in [4.78, 5) is 26.5. The Morgan fingerprint density at radius 3 is 2.50 bits per heavy atom. The fraction of sp³-hybridized carbons (Fsp3) is 0.476. The number of benzene rings is 1. The van der Waals surface area contributed by atoms with E-state index in [1.807, 2.05) is 40.7 Å². The van der Waals surface area contributed by atoms with Crippen molar-refractivity contribution in [1.82, 2.24) is 14.7 Å². The van der Waals surface area contributed by atoms with Crippen LogP contribution in [0.4, 0.5) is 5.69 Å². The summed E-state index contributed by atoms with van der Waals surface area (Å²) in [5.41, 5.74) is 2.01. The van der Waals surface area contributed by atoms with E-state index in [9.17, 15) is 9.59 Å². The summed E-state index contributed by atoms with van der Waals surface area (Å²) in [5, 5.41) is 7.36. The van der Waals surface area contributed by atoms with E-state index in [2.05, 4.69) is 10.4 Å². The molecular formula is C21H30N4O3. The Kier molecular flexibility index (Phi) is 7.61. The van der Waals surface area contributed by atoms with Gasteiger partial charge in [0, 0.05) is 31.4 Å². The first kappa shape index (κ1) is 21.5. The lowest BCUT2D eigenvalue weighted by atomic mass is 10.1. The van der Waals surface area contributed by atoms with Crippen molar-refractivity contribution in [3.8, 4) is 5.75 Å². The predicted molar refractivity (Wildman–Crippen MR) is 110 cm³/mol. The van der Waals surface area contributed by atoms with Crippen LogP contribution in [0, 0.1) is 0 Å². The maximum absolute atomic E-state index is 12.7. The molecule has 1 heterocycles. The van der Waals surface area contributed by atoms with Gasteiger partial charge in [-0.25, -0.2) is 0 Å². The number of carbonyl (C=O) groups excluding carboxylic acids is 2. The molecule has 1 aromatic heterocycles. The number of nitrogens with zero attached hydrogens (tertiary/aromatic N) is 3. The number of amides is 2. The van der Waals surface area contributed by atoms with Gasteiger partial charge in [-0.15, -0.1) is 0 Å². The summed E-state index contributed by atoms with van der Waals surface area (Å²) in [6.07, 6.45) is 0. The fourth-order valence-electron chi connectivity index (χ4n) is 2.81. The summed E-state index contributed by atoms with van der Waals surface area (Å²) < 4.78 is 7.30. The molecule has 0 saturated carbocycles. The van der Waals surface area contributed by atoms with Crippen molar-refractivity contribution >= 4 is 17.5 Å². The third-order valence-electron chi connectivity index (χ3n) is 4.49. The molecule has 152 valence electrons. The molecule has 2 amide bonds. The van der Waals surface area contributed by atoms with Crippen molar-refractivity contribution in [3.05, 3.63) is 41.7 Å². The second-order valence-corrected chi connectivity index (χ2v) is 6.76. The van der Waals surface area contributed by atoms with Gasteiger partial charge < -0.3 is 15.0 Å². The summed E-state index contributed by atoms with van der Waals surface area (Å²) >= 11 is 0. The first-order valence-corrected chi connectivity index (χ1v) is 9.79. The lowest BCUT2D eigenvalue weighted by Gasteiger charge is -2.18. The van der Waals surface area contributed by atoms with Gasteiger partial charge in [0.1, 0.15) is 11.4 Å². The highest BCUT2D eigenvalue weighted by molar-refractivity contribution is 6.03. The van der Waals surface area contributed by atoms with Crippen molar-refractivity contribution < 1.29 is 14.3 Å². The van der Waals surface area contributed by atoms with Crippen molar-refractivity contribution in [3.63, 3.8) is 0 Å². The number of nitrogens with one attached hydrogen (secondary N) is 1. The van der Waals surface area contributed by atoms with Gasteiger partial charge in [-0.05, 0) is 44.9 Å². The lowest BCUT2D eigenvalue weighted by molar-refractivity contribution is -0.132. The molecule has 0 atom stereocenters. The Bertz CT molecular complexity index is 810. The Labute approximate surface area is 166 Å². The van der Waals surface area contributed by atoms with E-state index in [4.69, 9.17) is 4.74 Å². The number of aromatic nitrogens is 2. The van der Waals surface area contributed by atoms with Gasteiger partial charge in [0.2, 0.25) is 0 Å². The maximum atomic E-state index is 12.7. The Morgan fingerprint density at radius 1 is 1.18 bits per heavy atom. The number of ether oxygens (including phenoxy) is 1.